The molecule has 252 valence electrons. The molecule has 0 amide bonds. The third-order valence-electron chi connectivity index (χ3n) is 10.9. The lowest BCUT2D eigenvalue weighted by atomic mass is 9.96. The highest BCUT2D eigenvalue weighted by atomic mass is 32.1. The number of hydrogen-bond acceptors (Lipinski definition) is 4. The van der Waals surface area contributed by atoms with E-state index in [-0.39, 0.29) is 0 Å². The summed E-state index contributed by atoms with van der Waals surface area (Å²) < 4.78 is 16.6. The molecule has 0 aliphatic rings. The van der Waals surface area contributed by atoms with E-state index in [2.05, 4.69) is 150 Å². The molecule has 0 atom stereocenters. The molecule has 0 unspecified atom stereocenters. The second-order valence-electron chi connectivity index (χ2n) is 13.8. The molecule has 0 bridgehead atoms. The van der Waals surface area contributed by atoms with Crippen LogP contribution in [0.2, 0.25) is 0 Å². The maximum absolute atomic E-state index is 6.58. The van der Waals surface area contributed by atoms with E-state index in [1.165, 1.54) is 21.8 Å². The van der Waals surface area contributed by atoms with E-state index in [0.717, 1.165) is 92.6 Å². The molecule has 0 aliphatic heterocycles. The van der Waals surface area contributed by atoms with Crippen molar-refractivity contribution in [1.29, 1.82) is 0 Å². The highest BCUT2D eigenvalue weighted by molar-refractivity contribution is 7.22. The number of para-hydroxylation sites is 6. The first-order chi connectivity index (χ1) is 26.8. The summed E-state index contributed by atoms with van der Waals surface area (Å²) in [6.45, 7) is 0. The molecule has 5 heteroatoms. The van der Waals surface area contributed by atoms with Crippen LogP contribution in [0.1, 0.15) is 0 Å². The molecule has 4 heterocycles. The van der Waals surface area contributed by atoms with Gasteiger partial charge in [0.1, 0.15) is 27.3 Å². The highest BCUT2D eigenvalue weighted by Crippen LogP contribution is 2.47. The molecule has 0 aliphatic carbocycles. The summed E-state index contributed by atoms with van der Waals surface area (Å²) in [7, 11) is 0. The minimum Gasteiger partial charge on any atom is -0.455 e. The predicted molar refractivity (Wildman–Crippen MR) is 225 cm³/mol. The molecule has 0 spiro atoms. The first-order valence-electron chi connectivity index (χ1n) is 18.1. The number of benzene rings is 8. The van der Waals surface area contributed by atoms with Crippen LogP contribution in [-0.4, -0.2) is 9.55 Å². The van der Waals surface area contributed by atoms with Gasteiger partial charge >= 0.3 is 0 Å². The standard InChI is InChI=1S/C49H28N2O2S/c1-2-12-30(13-3-1)51-41-21-7-4-14-31(41)40-28-29(24-27-42(40)51)49-50-45-34(37-19-10-17-35-32-15-5-8-22-43(32)52-46(35)37)25-26-39(48(45)54-49)38-20-11-18-36-33-16-6-9-23-44(33)53-47(36)38/h1-28H. The Hall–Kier alpha value is -6.95. The van der Waals surface area contributed by atoms with Crippen molar-refractivity contribution in [1.82, 2.24) is 9.55 Å². The number of hydrogen-bond donors (Lipinski definition) is 0. The zero-order chi connectivity index (χ0) is 35.3. The zero-order valence-corrected chi connectivity index (χ0v) is 29.6. The monoisotopic (exact) mass is 708 g/mol. The average Bonchev–Trinajstić information content (AvgIpc) is 4.01. The van der Waals surface area contributed by atoms with Crippen molar-refractivity contribution in [3.05, 3.63) is 170 Å². The topological polar surface area (TPSA) is 44.1 Å². The number of rotatable bonds is 4. The molecule has 0 N–H and O–H groups in total. The second kappa shape index (κ2) is 11.3. The molecule has 4 aromatic heterocycles. The van der Waals surface area contributed by atoms with E-state index in [0.29, 0.717) is 0 Å². The van der Waals surface area contributed by atoms with Crippen LogP contribution in [0.3, 0.4) is 0 Å². The van der Waals surface area contributed by atoms with Crippen LogP contribution < -0.4 is 0 Å². The van der Waals surface area contributed by atoms with E-state index < -0.39 is 0 Å². The summed E-state index contributed by atoms with van der Waals surface area (Å²) in [5, 5.41) is 7.82. The Kier molecular flexibility index (Phi) is 6.18. The first-order valence-corrected chi connectivity index (χ1v) is 18.9. The SMILES string of the molecule is c1ccc(-n2c3ccccc3c3cc(-c4nc5c(-c6cccc7c6oc6ccccc67)ccc(-c6cccc7c6oc6ccccc67)c5s4)ccc32)cc1. The molecule has 0 radical (unpaired) electrons. The second-order valence-corrected chi connectivity index (χ2v) is 14.8. The molecule has 0 saturated carbocycles. The minimum atomic E-state index is 0.872. The van der Waals surface area contributed by atoms with Crippen molar-refractivity contribution in [3.63, 3.8) is 0 Å². The van der Waals surface area contributed by atoms with Crippen molar-refractivity contribution < 1.29 is 8.83 Å². The van der Waals surface area contributed by atoms with Crippen LogP contribution in [0, 0.1) is 0 Å². The van der Waals surface area contributed by atoms with Gasteiger partial charge in [0.15, 0.2) is 0 Å². The van der Waals surface area contributed by atoms with Crippen molar-refractivity contribution >= 4 is 87.2 Å². The van der Waals surface area contributed by atoms with Crippen molar-refractivity contribution in [2.24, 2.45) is 0 Å². The van der Waals surface area contributed by atoms with Gasteiger partial charge in [0, 0.05) is 65.8 Å². The number of aromatic nitrogens is 2. The number of fused-ring (bicyclic) bond motifs is 10. The Labute approximate surface area is 312 Å². The van der Waals surface area contributed by atoms with Crippen molar-refractivity contribution in [2.75, 3.05) is 0 Å². The van der Waals surface area contributed by atoms with Gasteiger partial charge in [-0.25, -0.2) is 4.98 Å². The Morgan fingerprint density at radius 3 is 1.72 bits per heavy atom. The van der Waals surface area contributed by atoms with Crippen molar-refractivity contribution in [2.45, 2.75) is 0 Å². The normalized spacial score (nSPS) is 12.1. The van der Waals surface area contributed by atoms with Gasteiger partial charge in [-0.2, -0.15) is 0 Å². The van der Waals surface area contributed by atoms with E-state index >= 15 is 0 Å². The van der Waals surface area contributed by atoms with Gasteiger partial charge in [-0.1, -0.05) is 121 Å². The average molecular weight is 709 g/mol. The molecule has 12 aromatic rings. The van der Waals surface area contributed by atoms with E-state index in [1.54, 1.807) is 11.3 Å². The third kappa shape index (κ3) is 4.21. The largest absolute Gasteiger partial charge is 0.455 e. The maximum Gasteiger partial charge on any atom is 0.143 e. The molecule has 0 fully saturated rings. The summed E-state index contributed by atoms with van der Waals surface area (Å²) >= 11 is 1.73. The van der Waals surface area contributed by atoms with Crippen LogP contribution in [0.5, 0.6) is 0 Å². The predicted octanol–water partition coefficient (Wildman–Crippen LogP) is 14.2. The van der Waals surface area contributed by atoms with Gasteiger partial charge < -0.3 is 13.4 Å². The van der Waals surface area contributed by atoms with Gasteiger partial charge in [-0.05, 0) is 48.5 Å². The third-order valence-corrected chi connectivity index (χ3v) is 12.0. The summed E-state index contributed by atoms with van der Waals surface area (Å²) in [5.41, 5.74) is 13.3. The smallest absolute Gasteiger partial charge is 0.143 e. The van der Waals surface area contributed by atoms with Crippen LogP contribution in [0.25, 0.3) is 114 Å². The van der Waals surface area contributed by atoms with E-state index in [4.69, 9.17) is 13.8 Å². The summed E-state index contributed by atoms with van der Waals surface area (Å²) in [5.74, 6) is 0. The van der Waals surface area contributed by atoms with Crippen LogP contribution >= 0.6 is 11.3 Å². The van der Waals surface area contributed by atoms with Crippen molar-refractivity contribution in [3.8, 4) is 38.5 Å². The summed E-state index contributed by atoms with van der Waals surface area (Å²) in [4.78, 5) is 5.52. The molecule has 54 heavy (non-hydrogen) atoms. The Bertz CT molecular complexity index is 3300. The van der Waals surface area contributed by atoms with Gasteiger partial charge in [0.2, 0.25) is 0 Å². The fourth-order valence-electron chi connectivity index (χ4n) is 8.44. The number of thiazole rings is 1. The van der Waals surface area contributed by atoms with Crippen LogP contribution in [0.15, 0.2) is 179 Å². The fourth-order valence-corrected chi connectivity index (χ4v) is 9.55. The van der Waals surface area contributed by atoms with Crippen LogP contribution in [-0.2, 0) is 0 Å². The minimum absolute atomic E-state index is 0.872. The van der Waals surface area contributed by atoms with Gasteiger partial charge in [0.25, 0.3) is 0 Å². The lowest BCUT2D eigenvalue weighted by Crippen LogP contribution is -1.92. The highest BCUT2D eigenvalue weighted by Gasteiger charge is 2.22. The lowest BCUT2D eigenvalue weighted by molar-refractivity contribution is 0.669. The number of nitrogens with zero attached hydrogens (tertiary/aromatic N) is 2. The van der Waals surface area contributed by atoms with Gasteiger partial charge in [0.05, 0.1) is 21.3 Å². The number of furan rings is 2. The summed E-state index contributed by atoms with van der Waals surface area (Å²) in [6, 6.07) is 59.9. The molecular formula is C49H28N2O2S. The maximum atomic E-state index is 6.58. The van der Waals surface area contributed by atoms with E-state index in [1.807, 2.05) is 24.3 Å². The zero-order valence-electron chi connectivity index (χ0n) is 28.8. The summed E-state index contributed by atoms with van der Waals surface area (Å²) in [6.07, 6.45) is 0. The molecule has 12 rings (SSSR count). The van der Waals surface area contributed by atoms with Gasteiger partial charge in [-0.3, -0.25) is 0 Å². The Balaban J connectivity index is 1.13. The molecular weight excluding hydrogens is 681 g/mol. The molecule has 0 saturated heterocycles. The van der Waals surface area contributed by atoms with Crippen LogP contribution in [0.4, 0.5) is 0 Å². The Morgan fingerprint density at radius 1 is 0.426 bits per heavy atom. The van der Waals surface area contributed by atoms with E-state index in [9.17, 15) is 0 Å². The van der Waals surface area contributed by atoms with Gasteiger partial charge in [-0.15, -0.1) is 11.3 Å². The Morgan fingerprint density at radius 2 is 1.00 bits per heavy atom. The quantitative estimate of drug-likeness (QED) is 0.183. The fraction of sp³-hybridized carbons (Fsp3) is 0. The molecule has 4 nitrogen and oxygen atoms in total. The lowest BCUT2D eigenvalue weighted by Gasteiger charge is -2.09. The molecule has 8 aromatic carbocycles. The first kappa shape index (κ1) is 29.6.